The molecule has 0 aliphatic heterocycles. The van der Waals surface area contributed by atoms with E-state index >= 15 is 0 Å². The number of fused-ring (bicyclic) bond motifs is 1. The number of methoxy groups -OCH3 is 1. The average molecular weight is 197 g/mol. The van der Waals surface area contributed by atoms with Crippen LogP contribution in [0, 0.1) is 18.3 Å². The van der Waals surface area contributed by atoms with E-state index in [1.807, 2.05) is 37.3 Å². The fraction of sp³-hybridized carbons (Fsp3) is 0.154. The minimum absolute atomic E-state index is 0.610. The second kappa shape index (κ2) is 3.62. The summed E-state index contributed by atoms with van der Waals surface area (Å²) in [6.07, 6.45) is 0. The Morgan fingerprint density at radius 1 is 1.20 bits per heavy atom. The van der Waals surface area contributed by atoms with Crippen molar-refractivity contribution in [1.82, 2.24) is 0 Å². The summed E-state index contributed by atoms with van der Waals surface area (Å²) in [5, 5.41) is 11.2. The molecule has 0 fully saturated rings. The number of aryl methyl sites for hydroxylation is 1. The number of hydrogen-bond donors (Lipinski definition) is 0. The molecule has 2 aromatic rings. The molecule has 0 saturated heterocycles. The summed E-state index contributed by atoms with van der Waals surface area (Å²) in [7, 11) is 1.59. The Bertz CT molecular complexity index is 552. The summed E-state index contributed by atoms with van der Waals surface area (Å²) >= 11 is 0. The summed E-state index contributed by atoms with van der Waals surface area (Å²) < 4.78 is 5.20. The molecule has 0 saturated carbocycles. The average Bonchev–Trinajstić information content (AvgIpc) is 2.29. The van der Waals surface area contributed by atoms with E-state index < -0.39 is 0 Å². The van der Waals surface area contributed by atoms with E-state index in [4.69, 9.17) is 10.00 Å². The molecule has 0 spiro atoms. The first kappa shape index (κ1) is 9.54. The van der Waals surface area contributed by atoms with Crippen molar-refractivity contribution in [2.24, 2.45) is 0 Å². The molecule has 2 nitrogen and oxygen atoms in total. The van der Waals surface area contributed by atoms with E-state index in [9.17, 15) is 0 Å². The number of nitrogens with zero attached hydrogens (tertiary/aromatic N) is 1. The molecule has 0 radical (unpaired) electrons. The zero-order valence-electron chi connectivity index (χ0n) is 8.74. The molecule has 0 aromatic heterocycles. The van der Waals surface area contributed by atoms with Gasteiger partial charge in [-0.1, -0.05) is 24.3 Å². The molecule has 0 N–H and O–H groups in total. The highest BCUT2D eigenvalue weighted by molar-refractivity contribution is 5.92. The third-order valence-corrected chi connectivity index (χ3v) is 2.55. The molecule has 0 unspecified atom stereocenters. The largest absolute Gasteiger partial charge is 0.495 e. The lowest BCUT2D eigenvalue weighted by molar-refractivity contribution is 0.414. The SMILES string of the molecule is COc1cc(C)c2ccccc2c1C#N. The molecule has 0 atom stereocenters. The second-order valence-corrected chi connectivity index (χ2v) is 3.43. The second-order valence-electron chi connectivity index (χ2n) is 3.43. The highest BCUT2D eigenvalue weighted by atomic mass is 16.5. The van der Waals surface area contributed by atoms with Gasteiger partial charge >= 0.3 is 0 Å². The topological polar surface area (TPSA) is 33.0 Å². The van der Waals surface area contributed by atoms with Crippen LogP contribution >= 0.6 is 0 Å². The zero-order chi connectivity index (χ0) is 10.8. The van der Waals surface area contributed by atoms with Crippen LogP contribution in [-0.2, 0) is 0 Å². The van der Waals surface area contributed by atoms with Gasteiger partial charge in [-0.15, -0.1) is 0 Å². The van der Waals surface area contributed by atoms with Crippen molar-refractivity contribution in [2.75, 3.05) is 7.11 Å². The molecular weight excluding hydrogens is 186 g/mol. The van der Waals surface area contributed by atoms with Crippen molar-refractivity contribution in [3.05, 3.63) is 41.5 Å². The van der Waals surface area contributed by atoms with Crippen LogP contribution in [0.5, 0.6) is 5.75 Å². The van der Waals surface area contributed by atoms with Crippen molar-refractivity contribution in [3.63, 3.8) is 0 Å². The van der Waals surface area contributed by atoms with E-state index in [-0.39, 0.29) is 0 Å². The predicted octanol–water partition coefficient (Wildman–Crippen LogP) is 3.03. The van der Waals surface area contributed by atoms with Crippen LogP contribution in [0.15, 0.2) is 30.3 Å². The van der Waals surface area contributed by atoms with E-state index in [1.165, 1.54) is 0 Å². The summed E-state index contributed by atoms with van der Waals surface area (Å²) in [6, 6.07) is 12.0. The minimum Gasteiger partial charge on any atom is -0.495 e. The Hall–Kier alpha value is -2.01. The maximum atomic E-state index is 9.11. The van der Waals surface area contributed by atoms with E-state index in [0.29, 0.717) is 11.3 Å². The number of benzene rings is 2. The van der Waals surface area contributed by atoms with Gasteiger partial charge in [0.2, 0.25) is 0 Å². The van der Waals surface area contributed by atoms with Crippen molar-refractivity contribution >= 4 is 10.8 Å². The normalized spacial score (nSPS) is 9.93. The molecule has 0 aliphatic rings. The van der Waals surface area contributed by atoms with Gasteiger partial charge in [0.1, 0.15) is 17.4 Å². The third kappa shape index (κ3) is 1.42. The van der Waals surface area contributed by atoms with Crippen LogP contribution in [0.4, 0.5) is 0 Å². The number of nitriles is 1. The Morgan fingerprint density at radius 2 is 1.87 bits per heavy atom. The Morgan fingerprint density at radius 3 is 2.47 bits per heavy atom. The molecule has 0 bridgehead atoms. The lowest BCUT2D eigenvalue weighted by Crippen LogP contribution is -1.91. The molecule has 0 heterocycles. The molecule has 0 aliphatic carbocycles. The smallest absolute Gasteiger partial charge is 0.137 e. The van der Waals surface area contributed by atoms with Gasteiger partial charge in [0, 0.05) is 5.39 Å². The van der Waals surface area contributed by atoms with Gasteiger partial charge in [-0.3, -0.25) is 0 Å². The molecule has 2 aromatic carbocycles. The summed E-state index contributed by atoms with van der Waals surface area (Å²) in [5.41, 5.74) is 1.74. The van der Waals surface area contributed by atoms with E-state index in [1.54, 1.807) is 7.11 Å². The fourth-order valence-electron chi connectivity index (χ4n) is 1.80. The van der Waals surface area contributed by atoms with E-state index in [2.05, 4.69) is 6.07 Å². The fourth-order valence-corrected chi connectivity index (χ4v) is 1.80. The van der Waals surface area contributed by atoms with Crippen molar-refractivity contribution in [1.29, 1.82) is 5.26 Å². The molecule has 15 heavy (non-hydrogen) atoms. The maximum absolute atomic E-state index is 9.11. The van der Waals surface area contributed by atoms with Crippen LogP contribution in [0.3, 0.4) is 0 Å². The molecular formula is C13H11NO. The van der Waals surface area contributed by atoms with Crippen LogP contribution < -0.4 is 4.74 Å². The summed E-state index contributed by atoms with van der Waals surface area (Å²) in [6.45, 7) is 2.02. The molecule has 0 amide bonds. The number of ether oxygens (including phenoxy) is 1. The van der Waals surface area contributed by atoms with Crippen LogP contribution in [0.1, 0.15) is 11.1 Å². The van der Waals surface area contributed by atoms with Gasteiger partial charge < -0.3 is 4.74 Å². The van der Waals surface area contributed by atoms with E-state index in [0.717, 1.165) is 16.3 Å². The minimum atomic E-state index is 0.610. The summed E-state index contributed by atoms with van der Waals surface area (Å²) in [4.78, 5) is 0. The van der Waals surface area contributed by atoms with Crippen LogP contribution in [-0.4, -0.2) is 7.11 Å². The third-order valence-electron chi connectivity index (χ3n) is 2.55. The highest BCUT2D eigenvalue weighted by Crippen LogP contribution is 2.29. The summed E-state index contributed by atoms with van der Waals surface area (Å²) in [5.74, 6) is 0.647. The Labute approximate surface area is 88.7 Å². The van der Waals surface area contributed by atoms with Gasteiger partial charge in [-0.25, -0.2) is 0 Å². The number of rotatable bonds is 1. The van der Waals surface area contributed by atoms with Crippen molar-refractivity contribution < 1.29 is 4.74 Å². The van der Waals surface area contributed by atoms with Gasteiger partial charge in [-0.05, 0) is 23.9 Å². The molecule has 2 heteroatoms. The first-order valence-electron chi connectivity index (χ1n) is 4.74. The lowest BCUT2D eigenvalue weighted by atomic mass is 10.00. The first-order valence-corrected chi connectivity index (χ1v) is 4.74. The lowest BCUT2D eigenvalue weighted by Gasteiger charge is -2.08. The zero-order valence-corrected chi connectivity index (χ0v) is 8.74. The van der Waals surface area contributed by atoms with Crippen molar-refractivity contribution in [3.8, 4) is 11.8 Å². The number of hydrogen-bond acceptors (Lipinski definition) is 2. The van der Waals surface area contributed by atoms with Crippen LogP contribution in [0.2, 0.25) is 0 Å². The van der Waals surface area contributed by atoms with Gasteiger partial charge in [0.25, 0.3) is 0 Å². The Balaban J connectivity index is 2.93. The quantitative estimate of drug-likeness (QED) is 0.704. The molecule has 2 rings (SSSR count). The monoisotopic (exact) mass is 197 g/mol. The first-order chi connectivity index (χ1) is 7.27. The van der Waals surface area contributed by atoms with Gasteiger partial charge in [0.05, 0.1) is 7.11 Å². The van der Waals surface area contributed by atoms with Gasteiger partial charge in [0.15, 0.2) is 0 Å². The highest BCUT2D eigenvalue weighted by Gasteiger charge is 2.09. The predicted molar refractivity (Wildman–Crippen MR) is 60.0 cm³/mol. The van der Waals surface area contributed by atoms with Crippen LogP contribution in [0.25, 0.3) is 10.8 Å². The molecule has 74 valence electrons. The Kier molecular flexibility index (Phi) is 2.31. The van der Waals surface area contributed by atoms with Gasteiger partial charge in [-0.2, -0.15) is 5.26 Å². The standard InChI is InChI=1S/C13H11NO/c1-9-7-13(15-2)12(8-14)11-6-4-3-5-10(9)11/h3-7H,1-2H3. The maximum Gasteiger partial charge on any atom is 0.137 e. The van der Waals surface area contributed by atoms with Crippen molar-refractivity contribution in [2.45, 2.75) is 6.92 Å².